The molecule has 1 aliphatic heterocycles. The van der Waals surface area contributed by atoms with E-state index < -0.39 is 0 Å². The van der Waals surface area contributed by atoms with Gasteiger partial charge in [-0.2, -0.15) is 0 Å². The molecule has 0 spiro atoms. The third kappa shape index (κ3) is 2.86. The maximum absolute atomic E-state index is 11.9. The number of ether oxygens (including phenoxy) is 1. The lowest BCUT2D eigenvalue weighted by Crippen LogP contribution is -2.61. The van der Waals surface area contributed by atoms with Crippen LogP contribution in [0.5, 0.6) is 0 Å². The summed E-state index contributed by atoms with van der Waals surface area (Å²) < 4.78 is 5.39. The number of hydrogen-bond acceptors (Lipinski definition) is 3. The lowest BCUT2D eigenvalue weighted by atomic mass is 9.64. The predicted octanol–water partition coefficient (Wildman–Crippen LogP) is 1.31. The second-order valence-electron chi connectivity index (χ2n) is 6.30. The van der Waals surface area contributed by atoms with Crippen LogP contribution in [0.3, 0.4) is 0 Å². The monoisotopic (exact) mass is 254 g/mol. The lowest BCUT2D eigenvalue weighted by molar-refractivity contribution is -0.132. The Morgan fingerprint density at radius 3 is 2.83 bits per heavy atom. The van der Waals surface area contributed by atoms with Crippen molar-refractivity contribution in [1.82, 2.24) is 10.6 Å². The molecule has 4 heteroatoms. The Hall–Kier alpha value is -0.610. The van der Waals surface area contributed by atoms with Crippen molar-refractivity contribution in [3.8, 4) is 0 Å². The van der Waals surface area contributed by atoms with Crippen LogP contribution in [-0.4, -0.2) is 38.3 Å². The van der Waals surface area contributed by atoms with E-state index in [4.69, 9.17) is 4.74 Å². The molecule has 104 valence electrons. The Labute approximate surface area is 110 Å². The molecular formula is C14H26N2O2. The van der Waals surface area contributed by atoms with Crippen LogP contribution in [0.15, 0.2) is 0 Å². The zero-order valence-electron chi connectivity index (χ0n) is 11.8. The van der Waals surface area contributed by atoms with E-state index in [9.17, 15) is 4.79 Å². The fraction of sp³-hybridized carbons (Fsp3) is 0.929. The molecule has 4 nitrogen and oxygen atoms in total. The van der Waals surface area contributed by atoms with Gasteiger partial charge in [-0.25, -0.2) is 0 Å². The minimum Gasteiger partial charge on any atom is -0.381 e. The van der Waals surface area contributed by atoms with Crippen LogP contribution < -0.4 is 10.6 Å². The predicted molar refractivity (Wildman–Crippen MR) is 71.3 cm³/mol. The summed E-state index contributed by atoms with van der Waals surface area (Å²) in [5, 5.41) is 6.49. The van der Waals surface area contributed by atoms with Gasteiger partial charge >= 0.3 is 0 Å². The van der Waals surface area contributed by atoms with Crippen LogP contribution in [0.2, 0.25) is 0 Å². The number of amides is 1. The molecule has 3 unspecified atom stereocenters. The second kappa shape index (κ2) is 5.57. The molecule has 2 rings (SSSR count). The molecule has 2 aliphatic rings. The third-order valence-corrected chi connectivity index (χ3v) is 4.74. The van der Waals surface area contributed by atoms with Gasteiger partial charge in [0.15, 0.2) is 0 Å². The molecule has 1 heterocycles. The Kier molecular flexibility index (Phi) is 4.28. The van der Waals surface area contributed by atoms with Gasteiger partial charge in [0.1, 0.15) is 0 Å². The van der Waals surface area contributed by atoms with E-state index in [1.807, 2.05) is 0 Å². The molecule has 18 heavy (non-hydrogen) atoms. The Morgan fingerprint density at radius 2 is 2.28 bits per heavy atom. The highest BCUT2D eigenvalue weighted by molar-refractivity contribution is 5.76. The summed E-state index contributed by atoms with van der Waals surface area (Å²) in [6.07, 6.45) is 4.12. The first-order valence-corrected chi connectivity index (χ1v) is 7.07. The highest BCUT2D eigenvalue weighted by Crippen LogP contribution is 2.42. The van der Waals surface area contributed by atoms with Crippen molar-refractivity contribution >= 4 is 5.91 Å². The fourth-order valence-corrected chi connectivity index (χ4v) is 3.09. The number of carbonyl (C=O) groups is 1. The minimum atomic E-state index is 0.0688. The SMILES string of the molecule is COC1CC(NC(=O)CCC2CCNC2)C1(C)C. The average molecular weight is 254 g/mol. The highest BCUT2D eigenvalue weighted by Gasteiger charge is 2.49. The van der Waals surface area contributed by atoms with Gasteiger partial charge < -0.3 is 15.4 Å². The zero-order valence-corrected chi connectivity index (χ0v) is 11.8. The molecule has 0 aromatic rings. The maximum Gasteiger partial charge on any atom is 0.220 e. The van der Waals surface area contributed by atoms with Gasteiger partial charge in [-0.3, -0.25) is 4.79 Å². The van der Waals surface area contributed by atoms with Crippen molar-refractivity contribution in [2.45, 2.75) is 51.7 Å². The van der Waals surface area contributed by atoms with Gasteiger partial charge in [-0.1, -0.05) is 13.8 Å². The van der Waals surface area contributed by atoms with E-state index in [2.05, 4.69) is 24.5 Å². The number of carbonyl (C=O) groups excluding carboxylic acids is 1. The normalized spacial score (nSPS) is 34.1. The van der Waals surface area contributed by atoms with Crippen LogP contribution >= 0.6 is 0 Å². The van der Waals surface area contributed by atoms with E-state index in [1.165, 1.54) is 6.42 Å². The summed E-state index contributed by atoms with van der Waals surface area (Å²) in [6.45, 7) is 6.51. The fourth-order valence-electron chi connectivity index (χ4n) is 3.09. The number of methoxy groups -OCH3 is 1. The van der Waals surface area contributed by atoms with Crippen molar-refractivity contribution in [3.63, 3.8) is 0 Å². The summed E-state index contributed by atoms with van der Waals surface area (Å²) >= 11 is 0. The average Bonchev–Trinajstić information content (AvgIpc) is 2.84. The molecule has 0 radical (unpaired) electrons. The smallest absolute Gasteiger partial charge is 0.220 e. The lowest BCUT2D eigenvalue weighted by Gasteiger charge is -2.51. The van der Waals surface area contributed by atoms with Crippen molar-refractivity contribution in [2.75, 3.05) is 20.2 Å². The molecule has 0 aromatic heterocycles. The highest BCUT2D eigenvalue weighted by atomic mass is 16.5. The number of rotatable bonds is 5. The van der Waals surface area contributed by atoms with E-state index >= 15 is 0 Å². The summed E-state index contributed by atoms with van der Waals surface area (Å²) in [6, 6.07) is 0.275. The summed E-state index contributed by atoms with van der Waals surface area (Å²) in [4.78, 5) is 11.9. The van der Waals surface area contributed by atoms with Gasteiger partial charge in [0.05, 0.1) is 6.10 Å². The van der Waals surface area contributed by atoms with E-state index in [1.54, 1.807) is 7.11 Å². The molecule has 1 amide bonds. The first-order valence-electron chi connectivity index (χ1n) is 7.07. The zero-order chi connectivity index (χ0) is 13.2. The van der Waals surface area contributed by atoms with Crippen molar-refractivity contribution in [3.05, 3.63) is 0 Å². The first-order chi connectivity index (χ1) is 8.54. The molecule has 1 saturated carbocycles. The second-order valence-corrected chi connectivity index (χ2v) is 6.30. The first kappa shape index (κ1) is 13.8. The van der Waals surface area contributed by atoms with Crippen LogP contribution in [0.4, 0.5) is 0 Å². The van der Waals surface area contributed by atoms with Gasteiger partial charge in [-0.05, 0) is 38.3 Å². The molecule has 2 N–H and O–H groups in total. The quantitative estimate of drug-likeness (QED) is 0.777. The standard InChI is InChI=1S/C14H26N2O2/c1-14(2)11(8-12(14)18-3)16-13(17)5-4-10-6-7-15-9-10/h10-12,15H,4-9H2,1-3H3,(H,16,17). The van der Waals surface area contributed by atoms with E-state index in [0.717, 1.165) is 25.9 Å². The Bertz CT molecular complexity index is 298. The van der Waals surface area contributed by atoms with Gasteiger partial charge in [0.25, 0.3) is 0 Å². The van der Waals surface area contributed by atoms with E-state index in [-0.39, 0.29) is 23.5 Å². The van der Waals surface area contributed by atoms with Crippen LogP contribution in [0.1, 0.15) is 39.5 Å². The maximum atomic E-state index is 11.9. The molecule has 2 fully saturated rings. The molecule has 0 aromatic carbocycles. The van der Waals surface area contributed by atoms with Crippen LogP contribution in [-0.2, 0) is 9.53 Å². The van der Waals surface area contributed by atoms with Crippen LogP contribution in [0, 0.1) is 11.3 Å². The van der Waals surface area contributed by atoms with Gasteiger partial charge in [0, 0.05) is 25.0 Å². The largest absolute Gasteiger partial charge is 0.381 e. The topological polar surface area (TPSA) is 50.4 Å². The van der Waals surface area contributed by atoms with E-state index in [0.29, 0.717) is 12.3 Å². The number of hydrogen-bond donors (Lipinski definition) is 2. The molecule has 1 saturated heterocycles. The number of nitrogens with one attached hydrogen (secondary N) is 2. The van der Waals surface area contributed by atoms with Gasteiger partial charge in [0.2, 0.25) is 5.91 Å². The third-order valence-electron chi connectivity index (χ3n) is 4.74. The Morgan fingerprint density at radius 1 is 1.50 bits per heavy atom. The van der Waals surface area contributed by atoms with Crippen molar-refractivity contribution in [1.29, 1.82) is 0 Å². The minimum absolute atomic E-state index is 0.0688. The summed E-state index contributed by atoms with van der Waals surface area (Å²) in [5.74, 6) is 0.895. The summed E-state index contributed by atoms with van der Waals surface area (Å²) in [5.41, 5.74) is 0.0688. The molecule has 0 bridgehead atoms. The molecule has 3 atom stereocenters. The van der Waals surface area contributed by atoms with Crippen molar-refractivity contribution < 1.29 is 9.53 Å². The molecular weight excluding hydrogens is 228 g/mol. The van der Waals surface area contributed by atoms with Crippen LogP contribution in [0.25, 0.3) is 0 Å². The van der Waals surface area contributed by atoms with Crippen molar-refractivity contribution in [2.24, 2.45) is 11.3 Å². The Balaban J connectivity index is 1.68. The molecule has 1 aliphatic carbocycles. The van der Waals surface area contributed by atoms with Gasteiger partial charge in [-0.15, -0.1) is 0 Å². The summed E-state index contributed by atoms with van der Waals surface area (Å²) in [7, 11) is 1.75.